The molecule has 0 saturated heterocycles. The van der Waals surface area contributed by atoms with Crippen LogP contribution in [0.1, 0.15) is 0 Å². The van der Waals surface area contributed by atoms with Gasteiger partial charge < -0.3 is 4.90 Å². The minimum Gasteiger partial charge on any atom is -0.310 e. The second kappa shape index (κ2) is 12.2. The van der Waals surface area contributed by atoms with Gasteiger partial charge in [0, 0.05) is 73.6 Å². The summed E-state index contributed by atoms with van der Waals surface area (Å²) in [6, 6.07) is 68.9. The van der Waals surface area contributed by atoms with Crippen LogP contribution in [0.15, 0.2) is 188 Å². The van der Waals surface area contributed by atoms with Crippen LogP contribution in [0.4, 0.5) is 17.1 Å². The third kappa shape index (κ3) is 4.82. The first kappa shape index (κ1) is 30.4. The Bertz CT molecular complexity index is 3170. The summed E-state index contributed by atoms with van der Waals surface area (Å²) in [4.78, 5) is 2.43. The molecular formula is C50H31NS2. The van der Waals surface area contributed by atoms with Gasteiger partial charge in [0.15, 0.2) is 0 Å². The molecule has 0 unspecified atom stereocenters. The van der Waals surface area contributed by atoms with Crippen LogP contribution in [-0.2, 0) is 0 Å². The van der Waals surface area contributed by atoms with Gasteiger partial charge in [0.1, 0.15) is 0 Å². The zero-order valence-corrected chi connectivity index (χ0v) is 30.3. The van der Waals surface area contributed by atoms with Crippen LogP contribution in [0.2, 0.25) is 0 Å². The second-order valence-electron chi connectivity index (χ2n) is 13.6. The highest BCUT2D eigenvalue weighted by Crippen LogP contribution is 2.50. The maximum absolute atomic E-state index is 2.44. The largest absolute Gasteiger partial charge is 0.310 e. The predicted molar refractivity (Wildman–Crippen MR) is 233 cm³/mol. The van der Waals surface area contributed by atoms with Crippen molar-refractivity contribution in [1.29, 1.82) is 0 Å². The van der Waals surface area contributed by atoms with Gasteiger partial charge in [-0.3, -0.25) is 0 Å². The number of hydrogen-bond acceptors (Lipinski definition) is 3. The molecule has 0 spiro atoms. The first-order chi connectivity index (χ1) is 26.3. The minimum atomic E-state index is 1.14. The summed E-state index contributed by atoms with van der Waals surface area (Å²) in [5, 5.41) is 10.2. The summed E-state index contributed by atoms with van der Waals surface area (Å²) in [5.74, 6) is 0. The van der Waals surface area contributed by atoms with Crippen LogP contribution < -0.4 is 4.90 Å². The number of benzene rings is 9. The molecule has 9 aromatic carbocycles. The maximum Gasteiger partial charge on any atom is 0.0547 e. The van der Waals surface area contributed by atoms with Crippen LogP contribution in [-0.4, -0.2) is 0 Å². The van der Waals surface area contributed by atoms with Gasteiger partial charge in [-0.15, -0.1) is 22.7 Å². The fraction of sp³-hybridized carbons (Fsp3) is 0. The Kier molecular flexibility index (Phi) is 6.97. The van der Waals surface area contributed by atoms with Gasteiger partial charge in [0.25, 0.3) is 0 Å². The molecule has 0 aliphatic heterocycles. The van der Waals surface area contributed by atoms with E-state index in [0.29, 0.717) is 0 Å². The molecule has 2 heterocycles. The molecule has 0 N–H and O–H groups in total. The van der Waals surface area contributed by atoms with Crippen molar-refractivity contribution in [3.63, 3.8) is 0 Å². The van der Waals surface area contributed by atoms with E-state index in [9.17, 15) is 0 Å². The van der Waals surface area contributed by atoms with Gasteiger partial charge in [-0.25, -0.2) is 0 Å². The maximum atomic E-state index is 2.44. The smallest absolute Gasteiger partial charge is 0.0547 e. The van der Waals surface area contributed by atoms with Crippen molar-refractivity contribution in [2.75, 3.05) is 4.90 Å². The SMILES string of the molecule is c1ccc(-c2cccc3c2sc2c(-c4cccc5c4sc4c6ccccc6c(N(c6ccccc6)c6ccc7ccccc7c6)cc54)cccc23)cc1. The Labute approximate surface area is 315 Å². The van der Waals surface area contributed by atoms with Gasteiger partial charge >= 0.3 is 0 Å². The van der Waals surface area contributed by atoms with E-state index in [1.165, 1.54) is 89.8 Å². The summed E-state index contributed by atoms with van der Waals surface area (Å²) >= 11 is 3.85. The molecule has 11 rings (SSSR count). The number of nitrogens with zero attached hydrogens (tertiary/aromatic N) is 1. The Balaban J connectivity index is 1.17. The van der Waals surface area contributed by atoms with Crippen molar-refractivity contribution in [3.8, 4) is 22.3 Å². The fourth-order valence-electron chi connectivity index (χ4n) is 8.20. The van der Waals surface area contributed by atoms with Crippen LogP contribution in [0.3, 0.4) is 0 Å². The number of anilines is 3. The van der Waals surface area contributed by atoms with E-state index in [1.807, 2.05) is 22.7 Å². The van der Waals surface area contributed by atoms with Crippen LogP contribution in [0, 0.1) is 0 Å². The number of para-hydroxylation sites is 1. The van der Waals surface area contributed by atoms with E-state index in [4.69, 9.17) is 0 Å². The molecule has 0 atom stereocenters. The van der Waals surface area contributed by atoms with Crippen molar-refractivity contribution in [1.82, 2.24) is 0 Å². The van der Waals surface area contributed by atoms with E-state index in [2.05, 4.69) is 193 Å². The van der Waals surface area contributed by atoms with E-state index >= 15 is 0 Å². The number of fused-ring (bicyclic) bond motifs is 9. The zero-order chi connectivity index (χ0) is 34.9. The Morgan fingerprint density at radius 1 is 0.302 bits per heavy atom. The van der Waals surface area contributed by atoms with E-state index in [1.54, 1.807) is 0 Å². The third-order valence-electron chi connectivity index (χ3n) is 10.6. The Hall–Kier alpha value is -6.26. The highest BCUT2D eigenvalue weighted by atomic mass is 32.1. The average molecular weight is 710 g/mol. The zero-order valence-electron chi connectivity index (χ0n) is 28.7. The molecule has 53 heavy (non-hydrogen) atoms. The summed E-state index contributed by atoms with van der Waals surface area (Å²) in [5.41, 5.74) is 8.61. The molecule has 1 nitrogen and oxygen atoms in total. The minimum absolute atomic E-state index is 1.14. The van der Waals surface area contributed by atoms with E-state index in [-0.39, 0.29) is 0 Å². The number of rotatable bonds is 5. The summed E-state index contributed by atoms with van der Waals surface area (Å²) in [7, 11) is 0. The van der Waals surface area contributed by atoms with Gasteiger partial charge in [0.2, 0.25) is 0 Å². The lowest BCUT2D eigenvalue weighted by Crippen LogP contribution is -2.10. The molecule has 0 fully saturated rings. The molecule has 0 amide bonds. The van der Waals surface area contributed by atoms with Crippen molar-refractivity contribution in [2.24, 2.45) is 0 Å². The molecule has 3 heteroatoms. The molecule has 11 aromatic rings. The quantitative estimate of drug-likeness (QED) is 0.172. The van der Waals surface area contributed by atoms with Crippen molar-refractivity contribution in [3.05, 3.63) is 188 Å². The van der Waals surface area contributed by atoms with Crippen LogP contribution >= 0.6 is 22.7 Å². The monoisotopic (exact) mass is 709 g/mol. The van der Waals surface area contributed by atoms with Crippen molar-refractivity contribution < 1.29 is 0 Å². The molecule has 0 aliphatic carbocycles. The number of thiophene rings is 2. The Morgan fingerprint density at radius 3 is 1.53 bits per heavy atom. The Morgan fingerprint density at radius 2 is 0.811 bits per heavy atom. The molecule has 0 aliphatic rings. The third-order valence-corrected chi connectivity index (χ3v) is 13.2. The van der Waals surface area contributed by atoms with Crippen molar-refractivity contribution >= 4 is 102 Å². The van der Waals surface area contributed by atoms with E-state index in [0.717, 1.165) is 11.4 Å². The van der Waals surface area contributed by atoms with E-state index < -0.39 is 0 Å². The lowest BCUT2D eigenvalue weighted by molar-refractivity contribution is 1.31. The highest BCUT2D eigenvalue weighted by Gasteiger charge is 2.22. The molecule has 0 saturated carbocycles. The molecule has 2 aromatic heterocycles. The van der Waals surface area contributed by atoms with Gasteiger partial charge in [-0.2, -0.15) is 0 Å². The lowest BCUT2D eigenvalue weighted by atomic mass is 9.98. The normalized spacial score (nSPS) is 11.8. The highest BCUT2D eigenvalue weighted by molar-refractivity contribution is 7.28. The molecule has 248 valence electrons. The summed E-state index contributed by atoms with van der Waals surface area (Å²) < 4.78 is 5.34. The summed E-state index contributed by atoms with van der Waals surface area (Å²) in [6.07, 6.45) is 0. The van der Waals surface area contributed by atoms with Crippen LogP contribution in [0.5, 0.6) is 0 Å². The first-order valence-corrected chi connectivity index (χ1v) is 19.6. The van der Waals surface area contributed by atoms with Crippen molar-refractivity contribution in [2.45, 2.75) is 0 Å². The molecular weight excluding hydrogens is 679 g/mol. The fourth-order valence-corrected chi connectivity index (χ4v) is 10.9. The van der Waals surface area contributed by atoms with Gasteiger partial charge in [-0.1, -0.05) is 158 Å². The standard InChI is InChI=1S/C50H31NS2/c1-3-15-33(16-4-1)37-22-11-23-40-41-24-12-25-42(48(41)52-47(37)40)43-26-13-27-44-45-31-46(38-20-9-10-21-39(38)50(45)53-49(43)44)51(35-18-5-2-6-19-35)36-29-28-32-14-7-8-17-34(32)30-36/h1-31H. The second-order valence-corrected chi connectivity index (χ2v) is 15.7. The molecule has 0 bridgehead atoms. The molecule has 0 radical (unpaired) electrons. The lowest BCUT2D eigenvalue weighted by Gasteiger charge is -2.27. The summed E-state index contributed by atoms with van der Waals surface area (Å²) in [6.45, 7) is 0. The first-order valence-electron chi connectivity index (χ1n) is 18.0. The predicted octanol–water partition coefficient (Wildman–Crippen LogP) is 15.5. The average Bonchev–Trinajstić information content (AvgIpc) is 3.81. The van der Waals surface area contributed by atoms with Crippen LogP contribution in [0.25, 0.3) is 84.1 Å². The van der Waals surface area contributed by atoms with Gasteiger partial charge in [0.05, 0.1) is 5.69 Å². The number of hydrogen-bond donors (Lipinski definition) is 0. The topological polar surface area (TPSA) is 3.24 Å². The van der Waals surface area contributed by atoms with Gasteiger partial charge in [-0.05, 0) is 52.2 Å².